The van der Waals surface area contributed by atoms with Crippen molar-refractivity contribution in [3.63, 3.8) is 0 Å². The van der Waals surface area contributed by atoms with Gasteiger partial charge < -0.3 is 15.5 Å². The zero-order valence-electron chi connectivity index (χ0n) is 16.7. The molecule has 1 atom stereocenters. The molecule has 0 bridgehead atoms. The van der Waals surface area contributed by atoms with Crippen LogP contribution < -0.4 is 10.6 Å². The first-order valence-electron chi connectivity index (χ1n) is 9.77. The number of nitrogens with one attached hydrogen (secondary N) is 2. The van der Waals surface area contributed by atoms with Crippen LogP contribution in [-0.2, 0) is 13.0 Å². The third-order valence-corrected chi connectivity index (χ3v) is 5.77. The first-order chi connectivity index (χ1) is 14.9. The zero-order valence-corrected chi connectivity index (χ0v) is 18.2. The molecule has 2 amide bonds. The van der Waals surface area contributed by atoms with Crippen LogP contribution >= 0.6 is 23.2 Å². The fraction of sp³-hybridized carbons (Fsp3) is 0.227. The minimum Gasteiger partial charge on any atom is -0.331 e. The molecule has 4 rings (SSSR count). The molecule has 0 spiro atoms. The second-order valence-electron chi connectivity index (χ2n) is 7.29. The molecule has 1 aliphatic rings. The number of carbonyl (C=O) groups is 1. The van der Waals surface area contributed by atoms with Gasteiger partial charge in [-0.1, -0.05) is 41.4 Å². The van der Waals surface area contributed by atoms with Crippen LogP contribution in [0.1, 0.15) is 29.8 Å². The number of anilines is 2. The van der Waals surface area contributed by atoms with Crippen LogP contribution in [0.4, 0.5) is 20.8 Å². The summed E-state index contributed by atoms with van der Waals surface area (Å²) in [6, 6.07) is 11.2. The lowest BCUT2D eigenvalue weighted by atomic mass is 10.1. The number of aromatic nitrogens is 2. The maximum atomic E-state index is 13.7. The minimum absolute atomic E-state index is 0.0517. The summed E-state index contributed by atoms with van der Waals surface area (Å²) >= 11 is 11.9. The average Bonchev–Trinajstić information content (AvgIpc) is 2.76. The van der Waals surface area contributed by atoms with Crippen LogP contribution in [0.15, 0.2) is 48.7 Å². The van der Waals surface area contributed by atoms with Crippen molar-refractivity contribution in [2.45, 2.75) is 25.9 Å². The highest BCUT2D eigenvalue weighted by Crippen LogP contribution is 2.25. The summed E-state index contributed by atoms with van der Waals surface area (Å²) in [6.45, 7) is 2.69. The van der Waals surface area contributed by atoms with Gasteiger partial charge in [0, 0.05) is 12.7 Å². The first kappa shape index (κ1) is 21.3. The van der Waals surface area contributed by atoms with Gasteiger partial charge in [0.1, 0.15) is 5.82 Å². The molecule has 2 heterocycles. The normalized spacial score (nSPS) is 14.0. The molecular formula is C22H20Cl2FN5O. The van der Waals surface area contributed by atoms with Gasteiger partial charge in [0.2, 0.25) is 5.95 Å². The maximum Gasteiger partial charge on any atom is 0.318 e. The van der Waals surface area contributed by atoms with E-state index in [2.05, 4.69) is 20.6 Å². The lowest BCUT2D eigenvalue weighted by molar-refractivity contribution is 0.188. The molecule has 0 fully saturated rings. The summed E-state index contributed by atoms with van der Waals surface area (Å²) in [5, 5.41) is 6.64. The van der Waals surface area contributed by atoms with Gasteiger partial charge in [-0.15, -0.1) is 0 Å². The quantitative estimate of drug-likeness (QED) is 0.540. The number of hydrogen-bond donors (Lipinski definition) is 2. The number of hydrogen-bond acceptors (Lipinski definition) is 4. The van der Waals surface area contributed by atoms with Crippen molar-refractivity contribution >= 4 is 40.9 Å². The first-order valence-corrected chi connectivity index (χ1v) is 10.5. The molecule has 0 aliphatic carbocycles. The van der Waals surface area contributed by atoms with Crippen molar-refractivity contribution in [2.24, 2.45) is 0 Å². The van der Waals surface area contributed by atoms with E-state index in [1.807, 2.05) is 18.2 Å². The van der Waals surface area contributed by atoms with Crippen molar-refractivity contribution in [3.05, 3.63) is 81.3 Å². The monoisotopic (exact) mass is 459 g/mol. The van der Waals surface area contributed by atoms with Crippen LogP contribution in [-0.4, -0.2) is 27.4 Å². The summed E-state index contributed by atoms with van der Waals surface area (Å²) in [5.41, 5.74) is 3.12. The number of rotatable bonds is 4. The molecule has 3 aromatic rings. The summed E-state index contributed by atoms with van der Waals surface area (Å²) in [5.74, 6) is -0.0958. The number of amides is 2. The summed E-state index contributed by atoms with van der Waals surface area (Å²) < 4.78 is 13.7. The van der Waals surface area contributed by atoms with Crippen molar-refractivity contribution in [1.29, 1.82) is 0 Å². The molecular weight excluding hydrogens is 440 g/mol. The standard InChI is InChI=1S/C22H20Cl2FN5O/c1-13(14-6-7-16(23)18(25)10-14)27-22(31)30-9-8-15-11-26-21(29-20(15)12-30)28-19-5-3-2-4-17(19)24/h2-7,10-11,13H,8-9,12H2,1H3,(H,27,31)(H,26,28,29)/t13-/m1/s1. The van der Waals surface area contributed by atoms with E-state index in [1.54, 1.807) is 30.2 Å². The Balaban J connectivity index is 1.44. The average molecular weight is 460 g/mol. The Morgan fingerprint density at radius 2 is 2.00 bits per heavy atom. The number of fused-ring (bicyclic) bond motifs is 1. The Bertz CT molecular complexity index is 1130. The van der Waals surface area contributed by atoms with Crippen molar-refractivity contribution in [1.82, 2.24) is 20.2 Å². The smallest absolute Gasteiger partial charge is 0.318 e. The molecule has 1 aliphatic heterocycles. The Labute approximate surface area is 189 Å². The lowest BCUT2D eigenvalue weighted by Crippen LogP contribution is -2.43. The molecule has 160 valence electrons. The molecule has 0 radical (unpaired) electrons. The molecule has 2 N–H and O–H groups in total. The van der Waals surface area contributed by atoms with Gasteiger partial charge in [-0.25, -0.2) is 19.2 Å². The fourth-order valence-electron chi connectivity index (χ4n) is 3.36. The molecule has 1 aromatic heterocycles. The van der Waals surface area contributed by atoms with Gasteiger partial charge in [0.25, 0.3) is 0 Å². The number of benzene rings is 2. The Hall–Kier alpha value is -2.90. The van der Waals surface area contributed by atoms with E-state index >= 15 is 0 Å². The number of urea groups is 1. The second kappa shape index (κ2) is 9.08. The molecule has 9 heteroatoms. The Morgan fingerprint density at radius 3 is 2.77 bits per heavy atom. The zero-order chi connectivity index (χ0) is 22.0. The van der Waals surface area contributed by atoms with Crippen LogP contribution in [0, 0.1) is 5.82 Å². The molecule has 0 saturated carbocycles. The SMILES string of the molecule is C[C@@H](NC(=O)N1CCc2cnc(Nc3ccccc3Cl)nc2C1)c1ccc(Cl)c(F)c1. The largest absolute Gasteiger partial charge is 0.331 e. The van der Waals surface area contributed by atoms with Crippen molar-refractivity contribution in [2.75, 3.05) is 11.9 Å². The lowest BCUT2D eigenvalue weighted by Gasteiger charge is -2.29. The fourth-order valence-corrected chi connectivity index (χ4v) is 3.66. The summed E-state index contributed by atoms with van der Waals surface area (Å²) in [6.07, 6.45) is 2.43. The molecule has 2 aromatic carbocycles. The van der Waals surface area contributed by atoms with Gasteiger partial charge in [-0.3, -0.25) is 0 Å². The van der Waals surface area contributed by atoms with Crippen molar-refractivity contribution in [3.8, 4) is 0 Å². The van der Waals surface area contributed by atoms with Gasteiger partial charge in [0.05, 0.1) is 34.0 Å². The molecule has 6 nitrogen and oxygen atoms in total. The Kier molecular flexibility index (Phi) is 6.25. The van der Waals surface area contributed by atoms with E-state index in [0.717, 1.165) is 11.3 Å². The van der Waals surface area contributed by atoms with E-state index in [4.69, 9.17) is 23.2 Å². The maximum absolute atomic E-state index is 13.7. The number of nitrogens with zero attached hydrogens (tertiary/aromatic N) is 3. The highest BCUT2D eigenvalue weighted by atomic mass is 35.5. The van der Waals surface area contributed by atoms with Crippen molar-refractivity contribution < 1.29 is 9.18 Å². The van der Waals surface area contributed by atoms with Crippen LogP contribution in [0.5, 0.6) is 0 Å². The van der Waals surface area contributed by atoms with E-state index in [1.165, 1.54) is 12.1 Å². The molecule has 0 unspecified atom stereocenters. The van der Waals surface area contributed by atoms with Crippen LogP contribution in [0.3, 0.4) is 0 Å². The number of carbonyl (C=O) groups excluding carboxylic acids is 1. The van der Waals surface area contributed by atoms with Gasteiger partial charge >= 0.3 is 6.03 Å². The summed E-state index contributed by atoms with van der Waals surface area (Å²) in [7, 11) is 0. The van der Waals surface area contributed by atoms with Gasteiger partial charge in [0.15, 0.2) is 0 Å². The Morgan fingerprint density at radius 1 is 1.19 bits per heavy atom. The predicted octanol–water partition coefficient (Wildman–Crippen LogP) is 5.50. The third kappa shape index (κ3) is 4.89. The van der Waals surface area contributed by atoms with E-state index in [0.29, 0.717) is 41.7 Å². The highest BCUT2D eigenvalue weighted by molar-refractivity contribution is 6.33. The summed E-state index contributed by atoms with van der Waals surface area (Å²) in [4.78, 5) is 23.4. The van der Waals surface area contributed by atoms with E-state index < -0.39 is 5.82 Å². The van der Waals surface area contributed by atoms with Gasteiger partial charge in [-0.2, -0.15) is 0 Å². The molecule has 0 saturated heterocycles. The predicted molar refractivity (Wildman–Crippen MR) is 119 cm³/mol. The van der Waals surface area contributed by atoms with Crippen LogP contribution in [0.25, 0.3) is 0 Å². The minimum atomic E-state index is -0.512. The number of para-hydroxylation sites is 1. The second-order valence-corrected chi connectivity index (χ2v) is 8.10. The third-order valence-electron chi connectivity index (χ3n) is 5.14. The highest BCUT2D eigenvalue weighted by Gasteiger charge is 2.24. The van der Waals surface area contributed by atoms with Gasteiger partial charge in [-0.05, 0) is 48.7 Å². The molecule has 31 heavy (non-hydrogen) atoms. The van der Waals surface area contributed by atoms with Crippen LogP contribution in [0.2, 0.25) is 10.0 Å². The number of halogens is 3. The van der Waals surface area contributed by atoms with E-state index in [-0.39, 0.29) is 17.1 Å². The topological polar surface area (TPSA) is 70.2 Å². The van der Waals surface area contributed by atoms with E-state index in [9.17, 15) is 9.18 Å².